The molecule has 0 atom stereocenters. The molecule has 0 fully saturated rings. The van der Waals surface area contributed by atoms with E-state index in [1.165, 1.54) is 23.1 Å². The molecular formula is C20H24N2O3S. The van der Waals surface area contributed by atoms with Gasteiger partial charge in [0.25, 0.3) is 0 Å². The van der Waals surface area contributed by atoms with E-state index >= 15 is 0 Å². The number of benzene rings is 2. The summed E-state index contributed by atoms with van der Waals surface area (Å²) in [4.78, 5) is 25.1. The molecule has 2 N–H and O–H groups in total. The molecule has 2 rings (SSSR count). The van der Waals surface area contributed by atoms with Gasteiger partial charge in [-0.2, -0.15) is 0 Å². The fourth-order valence-corrected chi connectivity index (χ4v) is 3.17. The molecule has 2 aromatic carbocycles. The molecule has 2 aromatic rings. The molecule has 0 saturated heterocycles. The zero-order valence-electron chi connectivity index (χ0n) is 15.3. The highest BCUT2D eigenvalue weighted by Crippen LogP contribution is 2.29. The average Bonchev–Trinajstić information content (AvgIpc) is 2.63. The van der Waals surface area contributed by atoms with Gasteiger partial charge in [0.15, 0.2) is 0 Å². The molecule has 26 heavy (non-hydrogen) atoms. The molecule has 2 amide bonds. The second kappa shape index (κ2) is 9.87. The van der Waals surface area contributed by atoms with Crippen LogP contribution >= 0.6 is 11.8 Å². The minimum atomic E-state index is -0.484. The van der Waals surface area contributed by atoms with Crippen LogP contribution in [0.5, 0.6) is 0 Å². The van der Waals surface area contributed by atoms with E-state index in [4.69, 9.17) is 0 Å². The summed E-state index contributed by atoms with van der Waals surface area (Å²) in [5.74, 6) is -0.0776. The van der Waals surface area contributed by atoms with Gasteiger partial charge in [-0.05, 0) is 67.8 Å². The quantitative estimate of drug-likeness (QED) is 0.701. The summed E-state index contributed by atoms with van der Waals surface area (Å²) in [6.07, 6.45) is 0.410. The topological polar surface area (TPSA) is 67.4 Å². The van der Waals surface area contributed by atoms with Crippen LogP contribution in [0, 0.1) is 13.8 Å². The van der Waals surface area contributed by atoms with Gasteiger partial charge in [0.1, 0.15) is 0 Å². The summed E-state index contributed by atoms with van der Waals surface area (Å²) >= 11 is 1.69. The van der Waals surface area contributed by atoms with Crippen molar-refractivity contribution in [3.05, 3.63) is 53.6 Å². The SMILES string of the molecule is COC(=O)NCCCC(=O)Nc1ccc(Sc2ccc(C)c(C)c2)cc1. The van der Waals surface area contributed by atoms with Crippen molar-refractivity contribution in [3.63, 3.8) is 0 Å². The summed E-state index contributed by atoms with van der Waals surface area (Å²) in [7, 11) is 1.31. The highest BCUT2D eigenvalue weighted by molar-refractivity contribution is 7.99. The molecule has 0 aliphatic rings. The standard InChI is InChI=1S/C20H24N2O3S/c1-14-6-9-18(13-15(14)2)26-17-10-7-16(8-11-17)22-19(23)5-4-12-21-20(24)25-3/h6-11,13H,4-5,12H2,1-3H3,(H,21,24)(H,22,23). The fraction of sp³-hybridized carbons (Fsp3) is 0.300. The zero-order chi connectivity index (χ0) is 18.9. The third-order valence-electron chi connectivity index (χ3n) is 3.89. The number of alkyl carbamates (subject to hydrolysis) is 1. The van der Waals surface area contributed by atoms with Crippen LogP contribution in [0.4, 0.5) is 10.5 Å². The Labute approximate surface area is 158 Å². The maximum Gasteiger partial charge on any atom is 0.406 e. The molecule has 0 aromatic heterocycles. The van der Waals surface area contributed by atoms with Crippen LogP contribution in [-0.4, -0.2) is 25.7 Å². The van der Waals surface area contributed by atoms with Crippen LogP contribution in [0.3, 0.4) is 0 Å². The summed E-state index contributed by atoms with van der Waals surface area (Å²) in [5.41, 5.74) is 3.33. The predicted molar refractivity (Wildman–Crippen MR) is 105 cm³/mol. The Kier molecular flexibility index (Phi) is 7.53. The van der Waals surface area contributed by atoms with Crippen LogP contribution in [0.25, 0.3) is 0 Å². The van der Waals surface area contributed by atoms with E-state index < -0.39 is 6.09 Å². The van der Waals surface area contributed by atoms with Gasteiger partial charge in [-0.1, -0.05) is 17.8 Å². The minimum absolute atomic E-state index is 0.0776. The number of aryl methyl sites for hydroxylation is 2. The molecule has 0 aliphatic carbocycles. The largest absolute Gasteiger partial charge is 0.453 e. The van der Waals surface area contributed by atoms with Crippen LogP contribution in [-0.2, 0) is 9.53 Å². The maximum atomic E-state index is 11.9. The van der Waals surface area contributed by atoms with Crippen molar-refractivity contribution in [1.29, 1.82) is 0 Å². The van der Waals surface area contributed by atoms with Crippen molar-refractivity contribution in [2.24, 2.45) is 0 Å². The first-order valence-electron chi connectivity index (χ1n) is 8.45. The molecule has 0 saturated carbocycles. The lowest BCUT2D eigenvalue weighted by Gasteiger charge is -2.08. The van der Waals surface area contributed by atoms with Crippen molar-refractivity contribution < 1.29 is 14.3 Å². The van der Waals surface area contributed by atoms with Crippen molar-refractivity contribution in [2.45, 2.75) is 36.5 Å². The van der Waals surface area contributed by atoms with E-state index in [-0.39, 0.29) is 5.91 Å². The molecule has 0 bridgehead atoms. The lowest BCUT2D eigenvalue weighted by atomic mass is 10.1. The fourth-order valence-electron chi connectivity index (χ4n) is 2.25. The number of anilines is 1. The molecule has 0 radical (unpaired) electrons. The Balaban J connectivity index is 1.80. The molecular weight excluding hydrogens is 348 g/mol. The van der Waals surface area contributed by atoms with E-state index in [2.05, 4.69) is 47.4 Å². The first-order valence-corrected chi connectivity index (χ1v) is 9.26. The number of rotatable bonds is 7. The molecule has 138 valence electrons. The second-order valence-corrected chi connectivity index (χ2v) is 7.09. The van der Waals surface area contributed by atoms with Gasteiger partial charge >= 0.3 is 6.09 Å². The Morgan fingerprint density at radius 3 is 2.35 bits per heavy atom. The Hall–Kier alpha value is -2.47. The monoisotopic (exact) mass is 372 g/mol. The van der Waals surface area contributed by atoms with E-state index in [0.29, 0.717) is 19.4 Å². The van der Waals surface area contributed by atoms with Crippen molar-refractivity contribution in [3.8, 4) is 0 Å². The predicted octanol–water partition coefficient (Wildman–Crippen LogP) is 4.53. The number of carbonyl (C=O) groups is 2. The van der Waals surface area contributed by atoms with E-state index in [1.807, 2.05) is 24.3 Å². The molecule has 5 nitrogen and oxygen atoms in total. The number of hydrogen-bond donors (Lipinski definition) is 2. The summed E-state index contributed by atoms with van der Waals surface area (Å²) in [6, 6.07) is 14.2. The highest BCUT2D eigenvalue weighted by Gasteiger charge is 2.05. The third-order valence-corrected chi connectivity index (χ3v) is 4.89. The van der Waals surface area contributed by atoms with Gasteiger partial charge in [0.2, 0.25) is 5.91 Å². The van der Waals surface area contributed by atoms with Crippen LogP contribution in [0.2, 0.25) is 0 Å². The van der Waals surface area contributed by atoms with Crippen molar-refractivity contribution in [2.75, 3.05) is 19.0 Å². The van der Waals surface area contributed by atoms with Gasteiger partial charge in [-0.15, -0.1) is 0 Å². The first kappa shape index (κ1) is 19.8. The molecule has 0 aliphatic heterocycles. The normalized spacial score (nSPS) is 10.3. The van der Waals surface area contributed by atoms with E-state index in [9.17, 15) is 9.59 Å². The highest BCUT2D eigenvalue weighted by atomic mass is 32.2. The van der Waals surface area contributed by atoms with E-state index in [1.54, 1.807) is 11.8 Å². The summed E-state index contributed by atoms with van der Waals surface area (Å²) in [6.45, 7) is 4.62. The smallest absolute Gasteiger partial charge is 0.406 e. The summed E-state index contributed by atoms with van der Waals surface area (Å²) in [5, 5.41) is 5.41. The number of ether oxygens (including phenoxy) is 1. The Bertz CT molecular complexity index is 760. The Morgan fingerprint density at radius 2 is 1.69 bits per heavy atom. The second-order valence-electron chi connectivity index (χ2n) is 5.94. The minimum Gasteiger partial charge on any atom is -0.453 e. The number of nitrogens with one attached hydrogen (secondary N) is 2. The lowest BCUT2D eigenvalue weighted by molar-refractivity contribution is -0.116. The lowest BCUT2D eigenvalue weighted by Crippen LogP contribution is -2.25. The number of methoxy groups -OCH3 is 1. The van der Waals surface area contributed by atoms with Gasteiger partial charge in [0.05, 0.1) is 7.11 Å². The van der Waals surface area contributed by atoms with Crippen molar-refractivity contribution >= 4 is 29.4 Å². The maximum absolute atomic E-state index is 11.9. The van der Waals surface area contributed by atoms with Gasteiger partial charge in [-0.25, -0.2) is 4.79 Å². The molecule has 6 heteroatoms. The zero-order valence-corrected chi connectivity index (χ0v) is 16.1. The molecule has 0 heterocycles. The molecule has 0 spiro atoms. The van der Waals surface area contributed by atoms with Crippen molar-refractivity contribution in [1.82, 2.24) is 5.32 Å². The number of carbonyl (C=O) groups excluding carboxylic acids is 2. The van der Waals surface area contributed by atoms with Crippen LogP contribution in [0.1, 0.15) is 24.0 Å². The third kappa shape index (κ3) is 6.44. The Morgan fingerprint density at radius 1 is 1.00 bits per heavy atom. The van der Waals surface area contributed by atoms with Crippen LogP contribution in [0.15, 0.2) is 52.3 Å². The number of hydrogen-bond acceptors (Lipinski definition) is 4. The van der Waals surface area contributed by atoms with Gasteiger partial charge in [0, 0.05) is 28.4 Å². The van der Waals surface area contributed by atoms with Gasteiger partial charge < -0.3 is 15.4 Å². The van der Waals surface area contributed by atoms with E-state index in [0.717, 1.165) is 10.6 Å². The van der Waals surface area contributed by atoms with Gasteiger partial charge in [-0.3, -0.25) is 4.79 Å². The summed E-state index contributed by atoms with van der Waals surface area (Å²) < 4.78 is 4.47. The molecule has 0 unspecified atom stereocenters. The van der Waals surface area contributed by atoms with Crippen LogP contribution < -0.4 is 10.6 Å². The first-order chi connectivity index (χ1) is 12.5. The number of amides is 2. The average molecular weight is 372 g/mol.